The third-order valence-corrected chi connectivity index (χ3v) is 5.50. The van der Waals surface area contributed by atoms with E-state index in [4.69, 9.17) is 10.5 Å². The van der Waals surface area contributed by atoms with Crippen molar-refractivity contribution in [2.45, 2.75) is 25.4 Å². The Morgan fingerprint density at radius 3 is 2.68 bits per heavy atom. The summed E-state index contributed by atoms with van der Waals surface area (Å²) in [4.78, 5) is 6.74. The van der Waals surface area contributed by atoms with E-state index in [1.54, 1.807) is 29.1 Å². The lowest BCUT2D eigenvalue weighted by atomic mass is 10.1. The minimum atomic E-state index is -0.749. The maximum absolute atomic E-state index is 9.91. The number of piperidine rings is 1. The number of rotatable bonds is 6. The minimum Gasteiger partial charge on any atom is -0.438 e. The first-order valence-corrected chi connectivity index (χ1v) is 10.4. The summed E-state index contributed by atoms with van der Waals surface area (Å²) in [7, 11) is 1.85. The first kappa shape index (κ1) is 20.8. The smallest absolute Gasteiger partial charge is 0.219 e. The van der Waals surface area contributed by atoms with Crippen LogP contribution in [0.1, 0.15) is 36.5 Å². The second kappa shape index (κ2) is 9.16. The Balaban J connectivity index is 1.65. The molecule has 0 aliphatic carbocycles. The number of anilines is 1. The lowest BCUT2D eigenvalue weighted by molar-refractivity contribution is 0.186. The van der Waals surface area contributed by atoms with Crippen LogP contribution in [0.5, 0.6) is 11.6 Å². The summed E-state index contributed by atoms with van der Waals surface area (Å²) < 4.78 is 7.93. The molecule has 1 saturated heterocycles. The fourth-order valence-corrected chi connectivity index (χ4v) is 3.71. The number of aromatic nitrogens is 3. The van der Waals surface area contributed by atoms with Gasteiger partial charge in [-0.2, -0.15) is 10.4 Å². The van der Waals surface area contributed by atoms with Crippen LogP contribution in [0.2, 0.25) is 0 Å². The van der Waals surface area contributed by atoms with Crippen LogP contribution in [0, 0.1) is 11.3 Å². The number of nitrogens with two attached hydrogens (primary N) is 1. The third-order valence-electron chi connectivity index (χ3n) is 5.50. The van der Waals surface area contributed by atoms with Crippen molar-refractivity contribution in [2.75, 3.05) is 24.5 Å². The van der Waals surface area contributed by atoms with Gasteiger partial charge in [-0.05, 0) is 43.5 Å². The first-order valence-electron chi connectivity index (χ1n) is 10.4. The van der Waals surface area contributed by atoms with Crippen LogP contribution < -0.4 is 15.4 Å². The predicted octanol–water partition coefficient (Wildman–Crippen LogP) is 3.13. The maximum Gasteiger partial charge on any atom is 0.219 e. The predicted molar refractivity (Wildman–Crippen MR) is 118 cm³/mol. The van der Waals surface area contributed by atoms with Gasteiger partial charge in [-0.1, -0.05) is 6.07 Å². The molecule has 8 heteroatoms. The number of aliphatic hydroxyl groups excluding tert-OH is 1. The molecule has 31 heavy (non-hydrogen) atoms. The summed E-state index contributed by atoms with van der Waals surface area (Å²) in [5.41, 5.74) is 8.09. The number of pyridine rings is 1. The molecule has 3 aromatic rings. The molecule has 0 bridgehead atoms. The van der Waals surface area contributed by atoms with Crippen LogP contribution in [0.4, 0.5) is 5.82 Å². The van der Waals surface area contributed by atoms with E-state index >= 15 is 0 Å². The normalized spacial score (nSPS) is 14.8. The van der Waals surface area contributed by atoms with E-state index in [1.807, 2.05) is 25.2 Å². The summed E-state index contributed by atoms with van der Waals surface area (Å²) in [6.07, 6.45) is 4.45. The Morgan fingerprint density at radius 1 is 1.19 bits per heavy atom. The summed E-state index contributed by atoms with van der Waals surface area (Å²) in [5.74, 6) is 2.01. The molecule has 1 atom stereocenters. The van der Waals surface area contributed by atoms with Crippen molar-refractivity contribution in [3.05, 3.63) is 53.7 Å². The Hall–Kier alpha value is -3.41. The fraction of sp³-hybridized carbons (Fsp3) is 0.348. The van der Waals surface area contributed by atoms with Crippen molar-refractivity contribution < 1.29 is 9.84 Å². The van der Waals surface area contributed by atoms with E-state index in [9.17, 15) is 10.4 Å². The molecular formula is C23H26N6O2. The molecule has 1 aliphatic rings. The topological polar surface area (TPSA) is 113 Å². The van der Waals surface area contributed by atoms with Crippen LogP contribution in [0.15, 0.2) is 42.6 Å². The molecule has 3 N–H and O–H groups in total. The zero-order valence-corrected chi connectivity index (χ0v) is 17.5. The second-order valence-corrected chi connectivity index (χ2v) is 7.67. The zero-order chi connectivity index (χ0) is 21.8. The molecule has 0 radical (unpaired) electrons. The molecule has 4 rings (SSSR count). The van der Waals surface area contributed by atoms with E-state index in [0.29, 0.717) is 28.5 Å². The van der Waals surface area contributed by atoms with Gasteiger partial charge in [-0.25, -0.2) is 4.68 Å². The highest BCUT2D eigenvalue weighted by Gasteiger charge is 2.18. The molecule has 1 fully saturated rings. The number of aliphatic hydroxyl groups is 1. The number of hydrogen-bond donors (Lipinski definition) is 2. The molecule has 1 unspecified atom stereocenters. The highest BCUT2D eigenvalue weighted by molar-refractivity contribution is 5.69. The van der Waals surface area contributed by atoms with Crippen molar-refractivity contribution in [3.8, 4) is 29.0 Å². The highest BCUT2D eigenvalue weighted by Crippen LogP contribution is 2.35. The molecule has 0 spiro atoms. The molecular weight excluding hydrogens is 392 g/mol. The van der Waals surface area contributed by atoms with E-state index in [2.05, 4.69) is 21.1 Å². The van der Waals surface area contributed by atoms with Gasteiger partial charge in [-0.3, -0.25) is 4.98 Å². The number of nitrogens with zero attached hydrogens (tertiary/aromatic N) is 5. The van der Waals surface area contributed by atoms with Gasteiger partial charge in [0.25, 0.3) is 0 Å². The number of ether oxygens (including phenoxy) is 1. The Kier molecular flexibility index (Phi) is 6.16. The van der Waals surface area contributed by atoms with Gasteiger partial charge in [0, 0.05) is 50.1 Å². The lowest BCUT2D eigenvalue weighted by Crippen LogP contribution is -2.29. The molecule has 1 aliphatic heterocycles. The Labute approximate surface area is 181 Å². The number of nitriles is 1. The molecule has 2 aromatic heterocycles. The van der Waals surface area contributed by atoms with Gasteiger partial charge in [0.05, 0.1) is 23.4 Å². The van der Waals surface area contributed by atoms with Gasteiger partial charge in [-0.15, -0.1) is 0 Å². The highest BCUT2D eigenvalue weighted by atomic mass is 16.5. The Bertz CT molecular complexity index is 1080. The molecule has 8 nitrogen and oxygen atoms in total. The summed E-state index contributed by atoms with van der Waals surface area (Å²) in [6, 6.07) is 12.9. The number of aryl methyl sites for hydroxylation is 1. The molecule has 1 aromatic carbocycles. The second-order valence-electron chi connectivity index (χ2n) is 7.67. The monoisotopic (exact) mass is 418 g/mol. The molecule has 160 valence electrons. The average molecular weight is 419 g/mol. The lowest BCUT2D eigenvalue weighted by Gasteiger charge is -2.26. The van der Waals surface area contributed by atoms with E-state index < -0.39 is 6.10 Å². The van der Waals surface area contributed by atoms with Crippen molar-refractivity contribution in [1.29, 1.82) is 5.26 Å². The average Bonchev–Trinajstić information content (AvgIpc) is 3.19. The van der Waals surface area contributed by atoms with Crippen LogP contribution in [0.3, 0.4) is 0 Å². The van der Waals surface area contributed by atoms with E-state index in [0.717, 1.165) is 24.5 Å². The van der Waals surface area contributed by atoms with Crippen molar-refractivity contribution in [1.82, 2.24) is 14.8 Å². The standard InChI is InChI=1S/C23H26N6O2/c1-28-23(12-22(27-28)29-9-3-2-4-10-29)31-21-11-16(13-24)5-7-18(21)19-8-6-17(15-26-19)20(30)14-25/h5-8,11-12,15,20,30H,2-4,9-10,14,25H2,1H3. The van der Waals surface area contributed by atoms with Gasteiger partial charge in [0.15, 0.2) is 5.82 Å². The molecule has 0 saturated carbocycles. The van der Waals surface area contributed by atoms with Crippen LogP contribution in [0.25, 0.3) is 11.3 Å². The number of benzene rings is 1. The van der Waals surface area contributed by atoms with Crippen LogP contribution in [-0.4, -0.2) is 39.5 Å². The zero-order valence-electron chi connectivity index (χ0n) is 17.5. The largest absolute Gasteiger partial charge is 0.438 e. The molecule has 3 heterocycles. The van der Waals surface area contributed by atoms with E-state index in [-0.39, 0.29) is 6.54 Å². The summed E-state index contributed by atoms with van der Waals surface area (Å²) in [6.45, 7) is 2.12. The van der Waals surface area contributed by atoms with Gasteiger partial charge < -0.3 is 20.5 Å². The van der Waals surface area contributed by atoms with Crippen LogP contribution >= 0.6 is 0 Å². The van der Waals surface area contributed by atoms with E-state index in [1.165, 1.54) is 19.3 Å². The van der Waals surface area contributed by atoms with Crippen LogP contribution in [-0.2, 0) is 7.05 Å². The first-order chi connectivity index (χ1) is 15.1. The Morgan fingerprint density at radius 2 is 2.00 bits per heavy atom. The van der Waals surface area contributed by atoms with Gasteiger partial charge in [0.2, 0.25) is 5.88 Å². The SMILES string of the molecule is Cn1nc(N2CCCCC2)cc1Oc1cc(C#N)ccc1-c1ccc(C(O)CN)cn1. The maximum atomic E-state index is 9.91. The summed E-state index contributed by atoms with van der Waals surface area (Å²) >= 11 is 0. The van der Waals surface area contributed by atoms with Crippen molar-refractivity contribution in [3.63, 3.8) is 0 Å². The summed E-state index contributed by atoms with van der Waals surface area (Å²) in [5, 5.41) is 23.9. The van der Waals surface area contributed by atoms with Gasteiger partial charge >= 0.3 is 0 Å². The third kappa shape index (κ3) is 4.53. The molecule has 0 amide bonds. The number of hydrogen-bond acceptors (Lipinski definition) is 7. The fourth-order valence-electron chi connectivity index (χ4n) is 3.71. The van der Waals surface area contributed by atoms with Crippen molar-refractivity contribution >= 4 is 5.82 Å². The van der Waals surface area contributed by atoms with Crippen molar-refractivity contribution in [2.24, 2.45) is 12.8 Å². The minimum absolute atomic E-state index is 0.131. The quantitative estimate of drug-likeness (QED) is 0.632. The van der Waals surface area contributed by atoms with Gasteiger partial charge in [0.1, 0.15) is 5.75 Å².